The molecular weight excluding hydrogens is 247 g/mol. The summed E-state index contributed by atoms with van der Waals surface area (Å²) in [5.41, 5.74) is 0. The van der Waals surface area contributed by atoms with Crippen LogP contribution in [0.4, 0.5) is 0 Å². The zero-order valence-corrected chi connectivity index (χ0v) is 15.0. The van der Waals surface area contributed by atoms with E-state index in [0.29, 0.717) is 0 Å². The zero-order valence-electron chi connectivity index (χ0n) is 13.9. The largest absolute Gasteiger partial charge is 0.0654 e. The summed E-state index contributed by atoms with van der Waals surface area (Å²) >= 11 is 0. The van der Waals surface area contributed by atoms with Gasteiger partial charge in [-0.1, -0.05) is 84.5 Å². The summed E-state index contributed by atoms with van der Waals surface area (Å²) in [6.45, 7) is 4.61. The molecule has 19 heavy (non-hydrogen) atoms. The Kier molecular flexibility index (Phi) is 18.8. The number of hydrogen-bond donors (Lipinski definition) is 0. The Bertz CT molecular complexity index is 129. The van der Waals surface area contributed by atoms with Crippen molar-refractivity contribution in [2.45, 2.75) is 104 Å². The lowest BCUT2D eigenvalue weighted by Crippen LogP contribution is -1.84. The quantitative estimate of drug-likeness (QED) is 0.214. The highest BCUT2D eigenvalue weighted by atomic mass is 31.1. The van der Waals surface area contributed by atoms with Gasteiger partial charge in [-0.05, 0) is 27.8 Å². The summed E-state index contributed by atoms with van der Waals surface area (Å²) in [5.74, 6) is 0. The third kappa shape index (κ3) is 18.4. The van der Waals surface area contributed by atoms with Crippen LogP contribution in [0, 0.1) is 0 Å². The molecule has 0 aliphatic carbocycles. The van der Waals surface area contributed by atoms with E-state index in [-0.39, 0.29) is 0 Å². The average Bonchev–Trinajstić information content (AvgIpc) is 2.43. The van der Waals surface area contributed by atoms with E-state index in [1.165, 1.54) is 89.9 Å². The maximum Gasteiger partial charge on any atom is 0.0549 e. The average molecular weight is 287 g/mol. The van der Waals surface area contributed by atoms with Crippen LogP contribution in [0.2, 0.25) is 0 Å². The maximum absolute atomic E-state index is 2.31. The molecule has 0 aromatic carbocycles. The highest BCUT2D eigenvalue weighted by Gasteiger charge is 1.96. The Morgan fingerprint density at radius 3 is 1.26 bits per heavy atom. The Morgan fingerprint density at radius 2 is 0.789 bits per heavy atom. The summed E-state index contributed by atoms with van der Waals surface area (Å²) in [4.78, 5) is 0. The second-order valence-corrected chi connectivity index (χ2v) is 7.84. The van der Waals surface area contributed by atoms with Crippen molar-refractivity contribution in [2.24, 2.45) is 0 Å². The Morgan fingerprint density at radius 1 is 0.421 bits per heavy atom. The highest BCUT2D eigenvalue weighted by molar-refractivity contribution is 7.37. The van der Waals surface area contributed by atoms with Gasteiger partial charge < -0.3 is 0 Å². The minimum Gasteiger partial charge on any atom is -0.0654 e. The fourth-order valence-electron chi connectivity index (χ4n) is 2.62. The standard InChI is InChI=1S/C18H39P/c1-3-5-7-8-9-10-11-12-13-14-15-16-18-19-17-6-4-2/h19H,3-18H2,1-2H3/p+1. The molecule has 0 radical (unpaired) electrons. The van der Waals surface area contributed by atoms with Crippen LogP contribution in [0.1, 0.15) is 104 Å². The topological polar surface area (TPSA) is 0 Å². The molecule has 0 aliphatic rings. The predicted octanol–water partition coefficient (Wildman–Crippen LogP) is 6.90. The fourth-order valence-corrected chi connectivity index (χ4v) is 4.19. The van der Waals surface area contributed by atoms with Crippen molar-refractivity contribution in [3.63, 3.8) is 0 Å². The molecule has 0 bridgehead atoms. The van der Waals surface area contributed by atoms with E-state index >= 15 is 0 Å². The van der Waals surface area contributed by atoms with Gasteiger partial charge in [0.2, 0.25) is 0 Å². The minimum atomic E-state index is 0.796. The molecule has 0 heterocycles. The molecule has 0 N–H and O–H groups in total. The molecule has 0 fully saturated rings. The van der Waals surface area contributed by atoms with E-state index in [1.807, 2.05) is 0 Å². The van der Waals surface area contributed by atoms with E-state index < -0.39 is 0 Å². The van der Waals surface area contributed by atoms with Gasteiger partial charge in [0, 0.05) is 0 Å². The first-order valence-corrected chi connectivity index (χ1v) is 10.9. The van der Waals surface area contributed by atoms with Gasteiger partial charge in [0.1, 0.15) is 0 Å². The van der Waals surface area contributed by atoms with Gasteiger partial charge in [0.25, 0.3) is 0 Å². The summed E-state index contributed by atoms with van der Waals surface area (Å²) in [7, 11) is 0.796. The van der Waals surface area contributed by atoms with Crippen LogP contribution in [-0.4, -0.2) is 12.3 Å². The van der Waals surface area contributed by atoms with Crippen LogP contribution in [-0.2, 0) is 0 Å². The van der Waals surface area contributed by atoms with Crippen LogP contribution in [0.15, 0.2) is 0 Å². The Hall–Kier alpha value is 0.430. The van der Waals surface area contributed by atoms with Crippen LogP contribution in [0.5, 0.6) is 0 Å². The molecule has 0 aliphatic heterocycles. The molecule has 0 aromatic heterocycles. The van der Waals surface area contributed by atoms with Crippen molar-refractivity contribution in [1.82, 2.24) is 0 Å². The van der Waals surface area contributed by atoms with Crippen molar-refractivity contribution in [1.29, 1.82) is 0 Å². The van der Waals surface area contributed by atoms with E-state index in [9.17, 15) is 0 Å². The predicted molar refractivity (Wildman–Crippen MR) is 95.4 cm³/mol. The number of hydrogen-bond acceptors (Lipinski definition) is 0. The van der Waals surface area contributed by atoms with Crippen molar-refractivity contribution in [2.75, 3.05) is 12.3 Å². The van der Waals surface area contributed by atoms with E-state index in [1.54, 1.807) is 12.3 Å². The first-order valence-electron chi connectivity index (χ1n) is 9.23. The second-order valence-electron chi connectivity index (χ2n) is 6.11. The minimum absolute atomic E-state index is 0.796. The van der Waals surface area contributed by atoms with E-state index in [4.69, 9.17) is 0 Å². The van der Waals surface area contributed by atoms with Gasteiger partial charge in [-0.15, -0.1) is 0 Å². The monoisotopic (exact) mass is 287 g/mol. The fraction of sp³-hybridized carbons (Fsp3) is 1.00. The summed E-state index contributed by atoms with van der Waals surface area (Å²) in [5, 5.41) is 0. The van der Waals surface area contributed by atoms with Crippen LogP contribution in [0.3, 0.4) is 0 Å². The van der Waals surface area contributed by atoms with Crippen LogP contribution in [0.25, 0.3) is 0 Å². The lowest BCUT2D eigenvalue weighted by Gasteiger charge is -2.02. The first-order chi connectivity index (χ1) is 9.41. The van der Waals surface area contributed by atoms with Crippen molar-refractivity contribution in [3.8, 4) is 0 Å². The molecule has 0 amide bonds. The van der Waals surface area contributed by atoms with Crippen molar-refractivity contribution >= 4 is 8.58 Å². The number of rotatable bonds is 16. The highest BCUT2D eigenvalue weighted by Crippen LogP contribution is 2.17. The lowest BCUT2D eigenvalue weighted by atomic mass is 10.1. The van der Waals surface area contributed by atoms with E-state index in [0.717, 1.165) is 8.58 Å². The molecule has 1 atom stereocenters. The molecule has 0 saturated carbocycles. The van der Waals surface area contributed by atoms with Gasteiger partial charge in [-0.3, -0.25) is 0 Å². The van der Waals surface area contributed by atoms with Gasteiger partial charge >= 0.3 is 0 Å². The Labute approximate surface area is 125 Å². The molecule has 0 nitrogen and oxygen atoms in total. The normalized spacial score (nSPS) is 11.7. The molecule has 116 valence electrons. The molecule has 0 spiro atoms. The van der Waals surface area contributed by atoms with E-state index in [2.05, 4.69) is 13.8 Å². The Balaban J connectivity index is 2.88. The maximum atomic E-state index is 2.31. The molecule has 1 heteroatoms. The third-order valence-electron chi connectivity index (χ3n) is 4.02. The van der Waals surface area contributed by atoms with Gasteiger partial charge in [0.15, 0.2) is 0 Å². The first kappa shape index (κ1) is 19.4. The number of unbranched alkanes of at least 4 members (excludes halogenated alkanes) is 12. The van der Waals surface area contributed by atoms with Crippen LogP contribution < -0.4 is 0 Å². The molecule has 0 saturated heterocycles. The third-order valence-corrected chi connectivity index (χ3v) is 5.66. The summed E-state index contributed by atoms with van der Waals surface area (Å²) < 4.78 is 0. The van der Waals surface area contributed by atoms with Crippen molar-refractivity contribution in [3.05, 3.63) is 0 Å². The second kappa shape index (κ2) is 18.4. The lowest BCUT2D eigenvalue weighted by molar-refractivity contribution is 0.548. The smallest absolute Gasteiger partial charge is 0.0549 e. The van der Waals surface area contributed by atoms with Crippen molar-refractivity contribution < 1.29 is 0 Å². The summed E-state index contributed by atoms with van der Waals surface area (Å²) in [6, 6.07) is 0. The van der Waals surface area contributed by atoms with Crippen LogP contribution >= 0.6 is 8.58 Å². The summed E-state index contributed by atoms with van der Waals surface area (Å²) in [6.07, 6.45) is 23.8. The zero-order chi connectivity index (χ0) is 14.0. The molecular formula is C18H40P+. The molecule has 1 unspecified atom stereocenters. The molecule has 0 aromatic rings. The van der Waals surface area contributed by atoms with Gasteiger partial charge in [0.05, 0.1) is 12.3 Å². The molecule has 0 rings (SSSR count). The van der Waals surface area contributed by atoms with Gasteiger partial charge in [-0.2, -0.15) is 0 Å². The van der Waals surface area contributed by atoms with Gasteiger partial charge in [-0.25, -0.2) is 0 Å². The SMILES string of the molecule is CCCCCCCCCCCCCC[PH2+]CCCC.